The van der Waals surface area contributed by atoms with E-state index in [1.54, 1.807) is 0 Å². The highest BCUT2D eigenvalue weighted by Crippen LogP contribution is 2.37. The van der Waals surface area contributed by atoms with Gasteiger partial charge in [0.15, 0.2) is 16.1 Å². The predicted molar refractivity (Wildman–Crippen MR) is 77.4 cm³/mol. The molecule has 0 fully saturated rings. The number of anilines is 1. The molecule has 0 radical (unpaired) electrons. The molecule has 0 N–H and O–H groups in total. The number of hydrogen-bond donors (Lipinski definition) is 0. The highest BCUT2D eigenvalue weighted by Gasteiger charge is 2.27. The maximum absolute atomic E-state index is 14.2. The van der Waals surface area contributed by atoms with Crippen LogP contribution in [0.3, 0.4) is 0 Å². The van der Waals surface area contributed by atoms with E-state index in [4.69, 9.17) is 16.3 Å². The molecule has 0 amide bonds. The van der Waals surface area contributed by atoms with Crippen molar-refractivity contribution < 1.29 is 9.13 Å². The van der Waals surface area contributed by atoms with Gasteiger partial charge in [-0.15, -0.1) is 0 Å². The number of halogens is 2. The molecule has 0 aromatic carbocycles. The number of thioether (sulfide) groups is 1. The van der Waals surface area contributed by atoms with Gasteiger partial charge in [-0.25, -0.2) is 14.4 Å². The molecular formula is C12H12ClFN4OS. The summed E-state index contributed by atoms with van der Waals surface area (Å²) >= 11 is 7.18. The Hall–Kier alpha value is -1.34. The largest absolute Gasteiger partial charge is 0.472 e. The second-order valence-corrected chi connectivity index (χ2v) is 5.72. The molecule has 1 unspecified atom stereocenters. The summed E-state index contributed by atoms with van der Waals surface area (Å²) in [4.78, 5) is 14.6. The molecule has 2 aromatic heterocycles. The summed E-state index contributed by atoms with van der Waals surface area (Å²) in [6, 6.07) is 0. The van der Waals surface area contributed by atoms with Gasteiger partial charge in [-0.2, -0.15) is 4.98 Å². The minimum Gasteiger partial charge on any atom is -0.472 e. The third-order valence-corrected chi connectivity index (χ3v) is 3.86. The van der Waals surface area contributed by atoms with E-state index in [1.165, 1.54) is 11.8 Å². The summed E-state index contributed by atoms with van der Waals surface area (Å²) in [6.07, 6.45) is 1.73. The summed E-state index contributed by atoms with van der Waals surface area (Å²) in [7, 11) is 1.88. The van der Waals surface area contributed by atoms with Crippen molar-refractivity contribution in [1.82, 2.24) is 15.0 Å². The number of nitrogens with zero attached hydrogens (tertiary/aromatic N) is 4. The Kier molecular flexibility index (Phi) is 3.33. The molecule has 8 heteroatoms. The van der Waals surface area contributed by atoms with Crippen LogP contribution in [0.25, 0.3) is 10.9 Å². The lowest BCUT2D eigenvalue weighted by Gasteiger charge is -2.19. The molecule has 5 nitrogen and oxygen atoms in total. The minimum atomic E-state index is -0.643. The van der Waals surface area contributed by atoms with Crippen molar-refractivity contribution in [2.75, 3.05) is 24.7 Å². The van der Waals surface area contributed by atoms with Gasteiger partial charge in [0, 0.05) is 7.05 Å². The van der Waals surface area contributed by atoms with E-state index in [9.17, 15) is 4.39 Å². The Bertz CT molecular complexity index is 699. The lowest BCUT2D eigenvalue weighted by molar-refractivity contribution is 0.225. The van der Waals surface area contributed by atoms with Crippen molar-refractivity contribution in [3.8, 4) is 5.88 Å². The van der Waals surface area contributed by atoms with Crippen molar-refractivity contribution >= 4 is 40.1 Å². The first-order valence-corrected chi connectivity index (χ1v) is 7.60. The van der Waals surface area contributed by atoms with E-state index in [0.29, 0.717) is 22.9 Å². The maximum atomic E-state index is 14.2. The van der Waals surface area contributed by atoms with Gasteiger partial charge in [0.1, 0.15) is 22.8 Å². The molecule has 0 saturated carbocycles. The van der Waals surface area contributed by atoms with Crippen LogP contribution in [-0.4, -0.2) is 40.9 Å². The molecule has 0 aliphatic carbocycles. The molecule has 1 atom stereocenters. The van der Waals surface area contributed by atoms with Crippen molar-refractivity contribution in [2.45, 2.75) is 18.2 Å². The van der Waals surface area contributed by atoms with Crippen LogP contribution in [-0.2, 0) is 0 Å². The Morgan fingerprint density at radius 1 is 1.40 bits per heavy atom. The standard InChI is InChI=1S/C12H12ClFN4OS/c1-5-4-18(2)10-6-8(15-12(17-10)20-3)7(14)9(13)16-11(6)19-5/h5H,4H2,1-3H3. The molecule has 0 bridgehead atoms. The van der Waals surface area contributed by atoms with Crippen LogP contribution in [0.4, 0.5) is 10.2 Å². The Morgan fingerprint density at radius 2 is 2.15 bits per heavy atom. The second-order valence-electron chi connectivity index (χ2n) is 4.59. The predicted octanol–water partition coefficient (Wildman–Crippen LogP) is 2.76. The molecular weight excluding hydrogens is 303 g/mol. The van der Waals surface area contributed by atoms with E-state index in [1.807, 2.05) is 25.1 Å². The van der Waals surface area contributed by atoms with Gasteiger partial charge in [0.25, 0.3) is 0 Å². The van der Waals surface area contributed by atoms with E-state index >= 15 is 0 Å². The highest BCUT2D eigenvalue weighted by molar-refractivity contribution is 7.98. The van der Waals surface area contributed by atoms with Gasteiger partial charge in [-0.1, -0.05) is 23.4 Å². The lowest BCUT2D eigenvalue weighted by Crippen LogP contribution is -2.29. The topological polar surface area (TPSA) is 51.1 Å². The first-order chi connectivity index (χ1) is 9.51. The van der Waals surface area contributed by atoms with Gasteiger partial charge in [-0.3, -0.25) is 0 Å². The molecule has 0 spiro atoms. The fraction of sp³-hybridized carbons (Fsp3) is 0.417. The van der Waals surface area contributed by atoms with Crippen molar-refractivity contribution in [3.63, 3.8) is 0 Å². The Balaban J connectivity index is 2.43. The smallest absolute Gasteiger partial charge is 0.228 e. The SMILES string of the molecule is CSc1nc2c3c(nc(Cl)c(F)c3n1)OC(C)CN2C. The van der Waals surface area contributed by atoms with E-state index < -0.39 is 5.82 Å². The third kappa shape index (κ3) is 2.05. The average Bonchev–Trinajstić information content (AvgIpc) is 2.53. The molecule has 3 heterocycles. The number of rotatable bonds is 1. The molecule has 2 aromatic rings. The zero-order valence-corrected chi connectivity index (χ0v) is 12.7. The molecule has 3 rings (SSSR count). The molecule has 0 saturated heterocycles. The van der Waals surface area contributed by atoms with E-state index in [0.717, 1.165) is 0 Å². The normalized spacial score (nSPS) is 18.1. The van der Waals surface area contributed by atoms with Crippen LogP contribution in [0.1, 0.15) is 6.92 Å². The quantitative estimate of drug-likeness (QED) is 0.458. The number of aromatic nitrogens is 3. The summed E-state index contributed by atoms with van der Waals surface area (Å²) in [5, 5.41) is 0.721. The zero-order valence-electron chi connectivity index (χ0n) is 11.1. The average molecular weight is 315 g/mol. The number of likely N-dealkylation sites (N-methyl/N-ethyl adjacent to an activating group) is 1. The maximum Gasteiger partial charge on any atom is 0.228 e. The number of pyridine rings is 1. The van der Waals surface area contributed by atoms with Crippen molar-refractivity contribution in [2.24, 2.45) is 0 Å². The lowest BCUT2D eigenvalue weighted by atomic mass is 10.2. The highest BCUT2D eigenvalue weighted by atomic mass is 35.5. The van der Waals surface area contributed by atoms with Crippen LogP contribution in [0.15, 0.2) is 5.16 Å². The van der Waals surface area contributed by atoms with Crippen LogP contribution in [0.2, 0.25) is 5.15 Å². The van der Waals surface area contributed by atoms with Gasteiger partial charge >= 0.3 is 0 Å². The van der Waals surface area contributed by atoms with Gasteiger partial charge < -0.3 is 9.64 Å². The first-order valence-electron chi connectivity index (χ1n) is 5.99. The minimum absolute atomic E-state index is 0.107. The summed E-state index contributed by atoms with van der Waals surface area (Å²) in [5.74, 6) is 0.253. The molecule has 106 valence electrons. The second kappa shape index (κ2) is 4.89. The van der Waals surface area contributed by atoms with Crippen molar-refractivity contribution in [3.05, 3.63) is 11.0 Å². The Morgan fingerprint density at radius 3 is 2.85 bits per heavy atom. The van der Waals surface area contributed by atoms with Crippen LogP contribution >= 0.6 is 23.4 Å². The van der Waals surface area contributed by atoms with E-state index in [-0.39, 0.29) is 22.7 Å². The fourth-order valence-electron chi connectivity index (χ4n) is 2.23. The van der Waals surface area contributed by atoms with Crippen LogP contribution < -0.4 is 9.64 Å². The van der Waals surface area contributed by atoms with Crippen LogP contribution in [0, 0.1) is 5.82 Å². The summed E-state index contributed by atoms with van der Waals surface area (Å²) in [6.45, 7) is 2.53. The van der Waals surface area contributed by atoms with Crippen LogP contribution in [0.5, 0.6) is 5.88 Å². The zero-order chi connectivity index (χ0) is 14.4. The Labute approximate surface area is 124 Å². The molecule has 1 aliphatic heterocycles. The summed E-state index contributed by atoms with van der Waals surface area (Å²) in [5.41, 5.74) is 0.148. The van der Waals surface area contributed by atoms with E-state index in [2.05, 4.69) is 15.0 Å². The van der Waals surface area contributed by atoms with Gasteiger partial charge in [0.05, 0.1) is 6.54 Å². The fourth-order valence-corrected chi connectivity index (χ4v) is 2.76. The molecule has 20 heavy (non-hydrogen) atoms. The number of ether oxygens (including phenoxy) is 1. The van der Waals surface area contributed by atoms with Gasteiger partial charge in [-0.05, 0) is 13.2 Å². The van der Waals surface area contributed by atoms with Gasteiger partial charge in [0.2, 0.25) is 5.88 Å². The van der Waals surface area contributed by atoms with Crippen molar-refractivity contribution in [1.29, 1.82) is 0 Å². The third-order valence-electron chi connectivity index (χ3n) is 3.06. The summed E-state index contributed by atoms with van der Waals surface area (Å²) < 4.78 is 19.9. The first kappa shape index (κ1) is 13.6. The monoisotopic (exact) mass is 314 g/mol. The molecule has 1 aliphatic rings. The number of hydrogen-bond acceptors (Lipinski definition) is 6.